The number of unbranched alkanes of at least 4 members (excludes halogenated alkanes) is 1. The molecule has 7 nitrogen and oxygen atoms in total. The highest BCUT2D eigenvalue weighted by atomic mass is 16.3. The molecule has 0 atom stereocenters. The summed E-state index contributed by atoms with van der Waals surface area (Å²) in [6.07, 6.45) is 2.83. The van der Waals surface area contributed by atoms with Gasteiger partial charge in [0.05, 0.1) is 11.0 Å². The minimum atomic E-state index is -0.503. The van der Waals surface area contributed by atoms with E-state index in [-0.39, 0.29) is 18.2 Å². The monoisotopic (exact) mass is 390 g/mol. The van der Waals surface area contributed by atoms with Crippen LogP contribution >= 0.6 is 0 Å². The third kappa shape index (κ3) is 3.99. The van der Waals surface area contributed by atoms with E-state index >= 15 is 0 Å². The molecule has 2 N–H and O–H groups in total. The van der Waals surface area contributed by atoms with Crippen molar-refractivity contribution in [3.05, 3.63) is 66.2 Å². The highest BCUT2D eigenvalue weighted by Gasteiger charge is 2.16. The number of nitrogens with zero attached hydrogens (tertiary/aromatic N) is 2. The lowest BCUT2D eigenvalue weighted by molar-refractivity contribution is -0.122. The van der Waals surface area contributed by atoms with Crippen LogP contribution in [0.5, 0.6) is 0 Å². The highest BCUT2D eigenvalue weighted by Crippen LogP contribution is 2.19. The minimum Gasteiger partial charge on any atom is -0.451 e. The molecule has 7 heteroatoms. The second-order valence-electron chi connectivity index (χ2n) is 6.86. The lowest BCUT2D eigenvalue weighted by Crippen LogP contribution is -2.43. The van der Waals surface area contributed by atoms with Crippen molar-refractivity contribution in [2.24, 2.45) is 0 Å². The summed E-state index contributed by atoms with van der Waals surface area (Å²) >= 11 is 0. The van der Waals surface area contributed by atoms with Gasteiger partial charge in [-0.05, 0) is 30.7 Å². The molecule has 0 aliphatic carbocycles. The maximum atomic E-state index is 12.5. The average Bonchev–Trinajstić information content (AvgIpc) is 3.32. The second kappa shape index (κ2) is 8.18. The summed E-state index contributed by atoms with van der Waals surface area (Å²) in [5.74, 6) is 0.168. The first-order valence-corrected chi connectivity index (χ1v) is 9.67. The van der Waals surface area contributed by atoms with E-state index in [1.54, 1.807) is 12.1 Å². The molecule has 0 aliphatic rings. The Morgan fingerprint density at radius 1 is 1.07 bits per heavy atom. The van der Waals surface area contributed by atoms with Gasteiger partial charge in [0.25, 0.3) is 5.91 Å². The number of imidazole rings is 1. The number of rotatable bonds is 6. The van der Waals surface area contributed by atoms with Crippen LogP contribution in [0.3, 0.4) is 0 Å². The minimum absolute atomic E-state index is 0.0694. The van der Waals surface area contributed by atoms with Gasteiger partial charge in [-0.1, -0.05) is 43.7 Å². The fraction of sp³-hybridized carbons (Fsp3) is 0.227. The fourth-order valence-electron chi connectivity index (χ4n) is 3.29. The van der Waals surface area contributed by atoms with Crippen molar-refractivity contribution in [2.45, 2.75) is 32.7 Å². The lowest BCUT2D eigenvalue weighted by Gasteiger charge is -2.10. The van der Waals surface area contributed by atoms with Crippen molar-refractivity contribution in [1.82, 2.24) is 20.4 Å². The lowest BCUT2D eigenvalue weighted by atomic mass is 10.2. The molecule has 148 valence electrons. The van der Waals surface area contributed by atoms with E-state index < -0.39 is 5.91 Å². The Bertz CT molecular complexity index is 1140. The number of carbonyl (C=O) groups is 2. The number of carbonyl (C=O) groups excluding carboxylic acids is 2. The number of furan rings is 1. The van der Waals surface area contributed by atoms with Crippen LogP contribution in [0.2, 0.25) is 0 Å². The molecule has 2 heterocycles. The van der Waals surface area contributed by atoms with Gasteiger partial charge in [-0.2, -0.15) is 0 Å². The van der Waals surface area contributed by atoms with E-state index in [1.807, 2.05) is 47.0 Å². The Labute approximate surface area is 167 Å². The van der Waals surface area contributed by atoms with Crippen LogP contribution in [0.25, 0.3) is 22.0 Å². The molecule has 0 saturated carbocycles. The molecule has 2 aromatic heterocycles. The van der Waals surface area contributed by atoms with Crippen molar-refractivity contribution in [3.8, 4) is 0 Å². The molecule has 2 aromatic carbocycles. The third-order valence-electron chi connectivity index (χ3n) is 4.75. The SMILES string of the molecule is CCCCc1nc2ccccc2n1CC(=O)NNC(=O)c1cc2ccccc2o1. The number of hydrogen-bond acceptors (Lipinski definition) is 4. The van der Waals surface area contributed by atoms with Gasteiger partial charge in [-0.25, -0.2) is 4.98 Å². The topological polar surface area (TPSA) is 89.2 Å². The standard InChI is InChI=1S/C22H22N4O3/c1-2-3-12-20-23-16-9-5-6-10-17(16)26(20)14-21(27)24-25-22(28)19-13-15-8-4-7-11-18(15)29-19/h4-11,13H,2-3,12,14H2,1H3,(H,24,27)(H,25,28). The Hall–Kier alpha value is -3.61. The normalized spacial score (nSPS) is 11.1. The third-order valence-corrected chi connectivity index (χ3v) is 4.75. The highest BCUT2D eigenvalue weighted by molar-refractivity contribution is 5.97. The molecule has 2 amide bonds. The van der Waals surface area contributed by atoms with E-state index in [0.29, 0.717) is 5.58 Å². The van der Waals surface area contributed by atoms with Gasteiger partial charge >= 0.3 is 5.91 Å². The number of aromatic nitrogens is 2. The maximum Gasteiger partial charge on any atom is 0.305 e. The van der Waals surface area contributed by atoms with Crippen LogP contribution < -0.4 is 10.9 Å². The number of amides is 2. The Kier molecular flexibility index (Phi) is 5.29. The van der Waals surface area contributed by atoms with Gasteiger partial charge in [0, 0.05) is 11.8 Å². The largest absolute Gasteiger partial charge is 0.451 e. The smallest absolute Gasteiger partial charge is 0.305 e. The summed E-state index contributed by atoms with van der Waals surface area (Å²) in [5.41, 5.74) is 7.26. The molecule has 29 heavy (non-hydrogen) atoms. The van der Waals surface area contributed by atoms with E-state index in [0.717, 1.165) is 41.5 Å². The van der Waals surface area contributed by atoms with Crippen molar-refractivity contribution in [2.75, 3.05) is 0 Å². The van der Waals surface area contributed by atoms with Crippen LogP contribution in [0.1, 0.15) is 36.1 Å². The number of hydrogen-bond donors (Lipinski definition) is 2. The number of fused-ring (bicyclic) bond motifs is 2. The van der Waals surface area contributed by atoms with Gasteiger partial charge in [-0.15, -0.1) is 0 Å². The Balaban J connectivity index is 1.44. The molecule has 0 saturated heterocycles. The fourth-order valence-corrected chi connectivity index (χ4v) is 3.29. The second-order valence-corrected chi connectivity index (χ2v) is 6.86. The number of aryl methyl sites for hydroxylation is 1. The van der Waals surface area contributed by atoms with E-state index in [1.165, 1.54) is 0 Å². The van der Waals surface area contributed by atoms with Crippen LogP contribution in [0.4, 0.5) is 0 Å². The maximum absolute atomic E-state index is 12.5. The van der Waals surface area contributed by atoms with Crippen molar-refractivity contribution < 1.29 is 14.0 Å². The van der Waals surface area contributed by atoms with Crippen molar-refractivity contribution in [1.29, 1.82) is 0 Å². The molecule has 0 spiro atoms. The average molecular weight is 390 g/mol. The molecular formula is C22H22N4O3. The zero-order valence-corrected chi connectivity index (χ0v) is 16.1. The molecule has 0 bridgehead atoms. The summed E-state index contributed by atoms with van der Waals surface area (Å²) in [4.78, 5) is 29.4. The predicted molar refractivity (Wildman–Crippen MR) is 110 cm³/mol. The van der Waals surface area contributed by atoms with Gasteiger partial charge < -0.3 is 8.98 Å². The van der Waals surface area contributed by atoms with Gasteiger partial charge in [0.2, 0.25) is 0 Å². The summed E-state index contributed by atoms with van der Waals surface area (Å²) in [6.45, 7) is 2.19. The molecular weight excluding hydrogens is 368 g/mol. The van der Waals surface area contributed by atoms with Crippen LogP contribution in [-0.2, 0) is 17.8 Å². The first-order chi connectivity index (χ1) is 14.2. The number of nitrogens with one attached hydrogen (secondary N) is 2. The number of benzene rings is 2. The van der Waals surface area contributed by atoms with Crippen LogP contribution in [0.15, 0.2) is 59.0 Å². The molecule has 0 fully saturated rings. The molecule has 0 radical (unpaired) electrons. The summed E-state index contributed by atoms with van der Waals surface area (Å²) < 4.78 is 7.41. The first kappa shape index (κ1) is 18.7. The summed E-state index contributed by atoms with van der Waals surface area (Å²) in [7, 11) is 0. The van der Waals surface area contributed by atoms with E-state index in [9.17, 15) is 9.59 Å². The predicted octanol–water partition coefficient (Wildman–Crippen LogP) is 3.59. The molecule has 4 rings (SSSR count). The molecule has 0 aliphatic heterocycles. The molecule has 0 unspecified atom stereocenters. The van der Waals surface area contributed by atoms with E-state index in [2.05, 4.69) is 22.8 Å². The van der Waals surface area contributed by atoms with Crippen molar-refractivity contribution in [3.63, 3.8) is 0 Å². The van der Waals surface area contributed by atoms with Gasteiger partial charge in [0.1, 0.15) is 18.0 Å². The van der Waals surface area contributed by atoms with Gasteiger partial charge in [-0.3, -0.25) is 20.4 Å². The Morgan fingerprint density at radius 2 is 1.86 bits per heavy atom. The quantitative estimate of drug-likeness (QED) is 0.493. The zero-order chi connectivity index (χ0) is 20.2. The first-order valence-electron chi connectivity index (χ1n) is 9.67. The van der Waals surface area contributed by atoms with Gasteiger partial charge in [0.15, 0.2) is 5.76 Å². The molecule has 4 aromatic rings. The van der Waals surface area contributed by atoms with Crippen LogP contribution in [0, 0.1) is 0 Å². The summed E-state index contributed by atoms with van der Waals surface area (Å²) in [5, 5.41) is 0.828. The summed E-state index contributed by atoms with van der Waals surface area (Å²) in [6, 6.07) is 16.7. The van der Waals surface area contributed by atoms with Crippen molar-refractivity contribution >= 4 is 33.8 Å². The van der Waals surface area contributed by atoms with Crippen LogP contribution in [-0.4, -0.2) is 21.4 Å². The number of para-hydroxylation sites is 3. The zero-order valence-electron chi connectivity index (χ0n) is 16.1. The van der Waals surface area contributed by atoms with E-state index in [4.69, 9.17) is 4.42 Å². The Morgan fingerprint density at radius 3 is 2.69 bits per heavy atom. The number of hydrazine groups is 1.